The lowest BCUT2D eigenvalue weighted by Gasteiger charge is -2.22. The Morgan fingerprint density at radius 3 is 2.47 bits per heavy atom. The maximum absolute atomic E-state index is 12.0. The maximum Gasteiger partial charge on any atom is 0.230 e. The molecular formula is C14H15Cl2NO2. The summed E-state index contributed by atoms with van der Waals surface area (Å²) in [6.45, 7) is 1.91. The van der Waals surface area contributed by atoms with E-state index in [9.17, 15) is 9.59 Å². The van der Waals surface area contributed by atoms with Crippen LogP contribution in [0.25, 0.3) is 0 Å². The van der Waals surface area contributed by atoms with E-state index in [2.05, 4.69) is 0 Å². The van der Waals surface area contributed by atoms with Crippen molar-refractivity contribution in [1.82, 2.24) is 4.90 Å². The molecule has 2 rings (SSSR count). The van der Waals surface area contributed by atoms with E-state index in [-0.39, 0.29) is 24.2 Å². The molecule has 1 aliphatic carbocycles. The summed E-state index contributed by atoms with van der Waals surface area (Å²) in [5.74, 6) is -0.217. The Bertz CT molecular complexity index is 512. The molecule has 1 aromatic carbocycles. The lowest BCUT2D eigenvalue weighted by molar-refractivity contribution is -0.135. The minimum Gasteiger partial charge on any atom is -0.335 e. The maximum atomic E-state index is 12.0. The first-order valence-corrected chi connectivity index (χ1v) is 6.96. The van der Waals surface area contributed by atoms with Crippen LogP contribution in [0.5, 0.6) is 0 Å². The van der Waals surface area contributed by atoms with Crippen LogP contribution in [-0.4, -0.2) is 22.6 Å². The van der Waals surface area contributed by atoms with E-state index in [1.54, 1.807) is 17.0 Å². The van der Waals surface area contributed by atoms with Gasteiger partial charge in [-0.05, 0) is 37.5 Å². The van der Waals surface area contributed by atoms with E-state index in [0.29, 0.717) is 16.6 Å². The number of Topliss-reactive ketones (excluding diaryl/α,β-unsaturated/α-hetero) is 1. The molecule has 1 aliphatic rings. The van der Waals surface area contributed by atoms with E-state index < -0.39 is 0 Å². The molecule has 0 spiro atoms. The van der Waals surface area contributed by atoms with Crippen LogP contribution in [-0.2, 0) is 16.1 Å². The molecular weight excluding hydrogens is 285 g/mol. The Labute approximate surface area is 122 Å². The van der Waals surface area contributed by atoms with Crippen LogP contribution < -0.4 is 0 Å². The Morgan fingerprint density at radius 1 is 1.26 bits per heavy atom. The van der Waals surface area contributed by atoms with Gasteiger partial charge in [0.2, 0.25) is 5.91 Å². The molecule has 19 heavy (non-hydrogen) atoms. The first-order chi connectivity index (χ1) is 8.97. The molecule has 1 amide bonds. The van der Waals surface area contributed by atoms with Gasteiger partial charge < -0.3 is 4.90 Å². The molecule has 0 heterocycles. The number of ketones is 1. The SMILES string of the molecule is CC(=O)CC(=O)N(Cc1ccc(Cl)c(Cl)c1)C1CC1. The normalized spacial score (nSPS) is 14.3. The summed E-state index contributed by atoms with van der Waals surface area (Å²) in [6.07, 6.45) is 1.98. The second-order valence-corrected chi connectivity index (χ2v) is 5.69. The van der Waals surface area contributed by atoms with E-state index in [1.807, 2.05) is 6.07 Å². The molecule has 1 fully saturated rings. The quantitative estimate of drug-likeness (QED) is 0.781. The van der Waals surface area contributed by atoms with Crippen molar-refractivity contribution in [2.75, 3.05) is 0 Å². The third-order valence-corrected chi connectivity index (χ3v) is 3.78. The molecule has 5 heteroatoms. The van der Waals surface area contributed by atoms with Crippen LogP contribution in [0.1, 0.15) is 31.7 Å². The van der Waals surface area contributed by atoms with Gasteiger partial charge in [-0.1, -0.05) is 29.3 Å². The zero-order valence-corrected chi connectivity index (χ0v) is 12.2. The van der Waals surface area contributed by atoms with Gasteiger partial charge in [-0.3, -0.25) is 9.59 Å². The fourth-order valence-electron chi connectivity index (χ4n) is 1.96. The number of hydrogen-bond acceptors (Lipinski definition) is 2. The minimum atomic E-state index is -0.110. The highest BCUT2D eigenvalue weighted by Gasteiger charge is 2.32. The molecule has 0 aliphatic heterocycles. The summed E-state index contributed by atoms with van der Waals surface area (Å²) >= 11 is 11.8. The Kier molecular flexibility index (Phi) is 4.48. The average molecular weight is 300 g/mol. The topological polar surface area (TPSA) is 37.4 Å². The van der Waals surface area contributed by atoms with E-state index in [4.69, 9.17) is 23.2 Å². The van der Waals surface area contributed by atoms with Crippen LogP contribution in [0.2, 0.25) is 10.0 Å². The van der Waals surface area contributed by atoms with Crippen molar-refractivity contribution in [2.45, 2.75) is 38.8 Å². The zero-order valence-electron chi connectivity index (χ0n) is 10.7. The molecule has 0 bridgehead atoms. The molecule has 1 aromatic rings. The molecule has 0 N–H and O–H groups in total. The average Bonchev–Trinajstić information content (AvgIpc) is 3.13. The van der Waals surface area contributed by atoms with Gasteiger partial charge in [0.15, 0.2) is 0 Å². The Hall–Kier alpha value is -1.06. The molecule has 0 aromatic heterocycles. The van der Waals surface area contributed by atoms with Crippen molar-refractivity contribution < 1.29 is 9.59 Å². The predicted octanol–water partition coefficient (Wildman–Crippen LogP) is 3.46. The minimum absolute atomic E-state index is 0.0299. The number of amides is 1. The number of rotatable bonds is 5. The van der Waals surface area contributed by atoms with Crippen molar-refractivity contribution in [3.63, 3.8) is 0 Å². The van der Waals surface area contributed by atoms with Crippen LogP contribution in [0.4, 0.5) is 0 Å². The van der Waals surface area contributed by atoms with Gasteiger partial charge in [0.25, 0.3) is 0 Å². The van der Waals surface area contributed by atoms with Crippen LogP contribution in [0, 0.1) is 0 Å². The van der Waals surface area contributed by atoms with Crippen molar-refractivity contribution in [3.05, 3.63) is 33.8 Å². The predicted molar refractivity (Wildman–Crippen MR) is 75.3 cm³/mol. The fourth-order valence-corrected chi connectivity index (χ4v) is 2.28. The number of nitrogens with zero attached hydrogens (tertiary/aromatic N) is 1. The fraction of sp³-hybridized carbons (Fsp3) is 0.429. The number of carbonyl (C=O) groups excluding carboxylic acids is 2. The van der Waals surface area contributed by atoms with Crippen molar-refractivity contribution >= 4 is 34.9 Å². The van der Waals surface area contributed by atoms with Crippen molar-refractivity contribution in [1.29, 1.82) is 0 Å². The summed E-state index contributed by atoms with van der Waals surface area (Å²) in [4.78, 5) is 24.9. The first kappa shape index (κ1) is 14.4. The monoisotopic (exact) mass is 299 g/mol. The summed E-state index contributed by atoms with van der Waals surface area (Å²) in [7, 11) is 0. The lowest BCUT2D eigenvalue weighted by atomic mass is 10.2. The smallest absolute Gasteiger partial charge is 0.230 e. The van der Waals surface area contributed by atoms with Gasteiger partial charge in [0.05, 0.1) is 16.5 Å². The van der Waals surface area contributed by atoms with Crippen LogP contribution in [0.15, 0.2) is 18.2 Å². The van der Waals surface area contributed by atoms with Gasteiger partial charge in [-0.25, -0.2) is 0 Å². The van der Waals surface area contributed by atoms with Crippen LogP contribution >= 0.6 is 23.2 Å². The van der Waals surface area contributed by atoms with Crippen LogP contribution in [0.3, 0.4) is 0 Å². The second-order valence-electron chi connectivity index (χ2n) is 4.88. The highest BCUT2D eigenvalue weighted by atomic mass is 35.5. The number of halogens is 2. The number of carbonyl (C=O) groups is 2. The highest BCUT2D eigenvalue weighted by molar-refractivity contribution is 6.42. The molecule has 0 saturated heterocycles. The summed E-state index contributed by atoms with van der Waals surface area (Å²) in [5.41, 5.74) is 0.929. The lowest BCUT2D eigenvalue weighted by Crippen LogP contribution is -2.33. The summed E-state index contributed by atoms with van der Waals surface area (Å²) in [5, 5.41) is 0.979. The second kappa shape index (κ2) is 5.93. The summed E-state index contributed by atoms with van der Waals surface area (Å²) < 4.78 is 0. The number of benzene rings is 1. The third kappa shape index (κ3) is 3.95. The highest BCUT2D eigenvalue weighted by Crippen LogP contribution is 2.30. The number of hydrogen-bond donors (Lipinski definition) is 0. The van der Waals surface area contributed by atoms with Gasteiger partial charge >= 0.3 is 0 Å². The Balaban J connectivity index is 2.10. The Morgan fingerprint density at radius 2 is 1.95 bits per heavy atom. The zero-order chi connectivity index (χ0) is 14.0. The van der Waals surface area contributed by atoms with Gasteiger partial charge in [-0.15, -0.1) is 0 Å². The van der Waals surface area contributed by atoms with Crippen molar-refractivity contribution in [2.24, 2.45) is 0 Å². The molecule has 0 atom stereocenters. The molecule has 102 valence electrons. The molecule has 0 unspecified atom stereocenters. The molecule has 1 saturated carbocycles. The van der Waals surface area contributed by atoms with E-state index in [0.717, 1.165) is 18.4 Å². The van der Waals surface area contributed by atoms with E-state index in [1.165, 1.54) is 6.92 Å². The largest absolute Gasteiger partial charge is 0.335 e. The molecule has 0 radical (unpaired) electrons. The summed E-state index contributed by atoms with van der Waals surface area (Å²) in [6, 6.07) is 5.60. The van der Waals surface area contributed by atoms with Gasteiger partial charge in [-0.2, -0.15) is 0 Å². The standard InChI is InChI=1S/C14H15Cl2NO2/c1-9(18)6-14(19)17(11-3-4-11)8-10-2-5-12(15)13(16)7-10/h2,5,7,11H,3-4,6,8H2,1H3. The first-order valence-electron chi connectivity index (χ1n) is 6.20. The molecule has 3 nitrogen and oxygen atoms in total. The van der Waals surface area contributed by atoms with Gasteiger partial charge in [0.1, 0.15) is 5.78 Å². The van der Waals surface area contributed by atoms with Crippen molar-refractivity contribution in [3.8, 4) is 0 Å². The third-order valence-electron chi connectivity index (χ3n) is 3.05. The van der Waals surface area contributed by atoms with E-state index >= 15 is 0 Å². The van der Waals surface area contributed by atoms with Gasteiger partial charge in [0, 0.05) is 12.6 Å².